The molecule has 6 nitrogen and oxygen atoms in total. The minimum Gasteiger partial charge on any atom is -0.491 e. The van der Waals surface area contributed by atoms with Crippen LogP contribution in [0.4, 0.5) is 10.5 Å². The van der Waals surface area contributed by atoms with Crippen LogP contribution in [0.15, 0.2) is 35.2 Å². The van der Waals surface area contributed by atoms with Gasteiger partial charge in [-0.25, -0.2) is 9.78 Å². The Morgan fingerprint density at radius 2 is 2.25 bits per heavy atom. The molecule has 1 saturated heterocycles. The lowest BCUT2D eigenvalue weighted by atomic mass is 10.2. The van der Waals surface area contributed by atoms with Gasteiger partial charge in [-0.15, -0.1) is 11.3 Å². The van der Waals surface area contributed by atoms with Gasteiger partial charge in [-0.2, -0.15) is 0 Å². The highest BCUT2D eigenvalue weighted by Gasteiger charge is 2.15. The van der Waals surface area contributed by atoms with Crippen LogP contribution >= 0.6 is 11.3 Å². The number of amides is 2. The molecule has 0 saturated carbocycles. The molecule has 24 heavy (non-hydrogen) atoms. The van der Waals surface area contributed by atoms with Crippen molar-refractivity contribution in [1.29, 1.82) is 0 Å². The second-order valence-corrected chi connectivity index (χ2v) is 6.30. The van der Waals surface area contributed by atoms with Crippen LogP contribution in [0.2, 0.25) is 0 Å². The van der Waals surface area contributed by atoms with Crippen molar-refractivity contribution in [1.82, 2.24) is 10.3 Å². The van der Waals surface area contributed by atoms with Crippen molar-refractivity contribution in [2.75, 3.05) is 25.1 Å². The number of carbonyl (C=O) groups excluding carboxylic acids is 1. The molecule has 2 amide bonds. The number of hydrogen-bond donors (Lipinski definition) is 2. The van der Waals surface area contributed by atoms with Gasteiger partial charge in [-0.3, -0.25) is 0 Å². The Morgan fingerprint density at radius 1 is 1.38 bits per heavy atom. The number of nitrogens with one attached hydrogen (secondary N) is 2. The molecule has 0 radical (unpaired) electrons. The fraction of sp³-hybridized carbons (Fsp3) is 0.412. The smallest absolute Gasteiger partial charge is 0.319 e. The average molecular weight is 347 g/mol. The first kappa shape index (κ1) is 16.7. The Hall–Kier alpha value is -2.12. The minimum atomic E-state index is -0.224. The number of carbonyl (C=O) groups is 1. The number of nitrogens with zero attached hydrogens (tertiary/aromatic N) is 1. The zero-order chi connectivity index (χ0) is 16.6. The van der Waals surface area contributed by atoms with Gasteiger partial charge in [-0.1, -0.05) is 0 Å². The van der Waals surface area contributed by atoms with E-state index in [2.05, 4.69) is 15.6 Å². The predicted octanol–water partition coefficient (Wildman–Crippen LogP) is 3.07. The molecule has 1 aromatic carbocycles. The first-order valence-corrected chi connectivity index (χ1v) is 9.00. The number of hydrogen-bond acceptors (Lipinski definition) is 5. The highest BCUT2D eigenvalue weighted by atomic mass is 32.1. The Labute approximate surface area is 145 Å². The largest absolute Gasteiger partial charge is 0.491 e. The molecule has 7 heteroatoms. The second kappa shape index (κ2) is 8.65. The van der Waals surface area contributed by atoms with Crippen molar-refractivity contribution in [3.05, 3.63) is 40.8 Å². The van der Waals surface area contributed by atoms with E-state index in [9.17, 15) is 4.79 Å². The highest BCUT2D eigenvalue weighted by molar-refractivity contribution is 7.07. The summed E-state index contributed by atoms with van der Waals surface area (Å²) in [5.41, 5.74) is 3.51. The van der Waals surface area contributed by atoms with E-state index in [1.807, 2.05) is 29.6 Å². The number of ether oxygens (including phenoxy) is 2. The molecule has 2 N–H and O–H groups in total. The summed E-state index contributed by atoms with van der Waals surface area (Å²) >= 11 is 1.56. The van der Waals surface area contributed by atoms with E-state index < -0.39 is 0 Å². The van der Waals surface area contributed by atoms with Crippen molar-refractivity contribution < 1.29 is 14.3 Å². The minimum absolute atomic E-state index is 0.200. The average Bonchev–Trinajstić information content (AvgIpc) is 3.28. The van der Waals surface area contributed by atoms with Crippen molar-refractivity contribution >= 4 is 23.1 Å². The predicted molar refractivity (Wildman–Crippen MR) is 93.8 cm³/mol. The summed E-state index contributed by atoms with van der Waals surface area (Å²) in [6.07, 6.45) is 3.09. The third kappa shape index (κ3) is 5.21. The molecule has 0 bridgehead atoms. The number of aromatic nitrogens is 1. The van der Waals surface area contributed by atoms with Crippen molar-refractivity contribution in [2.24, 2.45) is 0 Å². The van der Waals surface area contributed by atoms with Gasteiger partial charge in [0.2, 0.25) is 0 Å². The van der Waals surface area contributed by atoms with Crippen LogP contribution in [0.25, 0.3) is 0 Å². The van der Waals surface area contributed by atoms with E-state index in [-0.39, 0.29) is 12.1 Å². The monoisotopic (exact) mass is 347 g/mol. The SMILES string of the molecule is O=C(NCCc1cscn1)Nc1ccc(OCC2CCCO2)cc1. The molecular weight excluding hydrogens is 326 g/mol. The lowest BCUT2D eigenvalue weighted by Gasteiger charge is -2.12. The third-order valence-electron chi connectivity index (χ3n) is 3.72. The Kier molecular flexibility index (Phi) is 6.03. The lowest BCUT2D eigenvalue weighted by molar-refractivity contribution is 0.0679. The number of anilines is 1. The lowest BCUT2D eigenvalue weighted by Crippen LogP contribution is -2.30. The van der Waals surface area contributed by atoms with Gasteiger partial charge in [-0.05, 0) is 37.1 Å². The molecule has 0 spiro atoms. The van der Waals surface area contributed by atoms with Crippen LogP contribution in [0.3, 0.4) is 0 Å². The first-order chi connectivity index (χ1) is 11.8. The van der Waals surface area contributed by atoms with Crippen LogP contribution in [0.1, 0.15) is 18.5 Å². The van der Waals surface area contributed by atoms with Crippen LogP contribution in [0, 0.1) is 0 Å². The number of benzene rings is 1. The van der Waals surface area contributed by atoms with Crippen molar-refractivity contribution in [3.8, 4) is 5.75 Å². The van der Waals surface area contributed by atoms with Crippen molar-refractivity contribution in [3.63, 3.8) is 0 Å². The fourth-order valence-corrected chi connectivity index (χ4v) is 3.03. The molecule has 2 aromatic rings. The van der Waals surface area contributed by atoms with E-state index in [0.717, 1.165) is 43.0 Å². The molecule has 128 valence electrons. The van der Waals surface area contributed by atoms with Crippen LogP contribution in [-0.2, 0) is 11.2 Å². The van der Waals surface area contributed by atoms with Gasteiger partial charge >= 0.3 is 6.03 Å². The number of urea groups is 1. The van der Waals surface area contributed by atoms with Gasteiger partial charge in [0.15, 0.2) is 0 Å². The molecule has 2 heterocycles. The molecule has 3 rings (SSSR count). The standard InChI is InChI=1S/C17H21N3O3S/c21-17(18-8-7-14-11-24-12-19-14)20-13-3-5-15(6-4-13)23-10-16-2-1-9-22-16/h3-6,11-12,16H,1-2,7-10H2,(H2,18,20,21). The number of thiazole rings is 1. The third-order valence-corrected chi connectivity index (χ3v) is 4.36. The Morgan fingerprint density at radius 3 is 2.96 bits per heavy atom. The maximum atomic E-state index is 11.8. The van der Waals surface area contributed by atoms with Gasteiger partial charge in [0.05, 0.1) is 17.3 Å². The molecule has 1 aliphatic heterocycles. The summed E-state index contributed by atoms with van der Waals surface area (Å²) in [5, 5.41) is 7.59. The molecule has 1 atom stereocenters. The van der Waals surface area contributed by atoms with Crippen molar-refractivity contribution in [2.45, 2.75) is 25.4 Å². The Balaban J connectivity index is 1.37. The maximum absolute atomic E-state index is 11.8. The fourth-order valence-electron chi connectivity index (χ4n) is 2.44. The summed E-state index contributed by atoms with van der Waals surface area (Å²) in [5.74, 6) is 0.778. The molecule has 1 aliphatic rings. The first-order valence-electron chi connectivity index (χ1n) is 8.06. The van der Waals surface area contributed by atoms with Gasteiger partial charge < -0.3 is 20.1 Å². The van der Waals surface area contributed by atoms with Crippen LogP contribution in [-0.4, -0.2) is 36.9 Å². The topological polar surface area (TPSA) is 72.5 Å². The van der Waals surface area contributed by atoms with Gasteiger partial charge in [0, 0.05) is 30.6 Å². The summed E-state index contributed by atoms with van der Waals surface area (Å²) < 4.78 is 11.2. The highest BCUT2D eigenvalue weighted by Crippen LogP contribution is 2.18. The van der Waals surface area contributed by atoms with E-state index in [1.165, 1.54) is 0 Å². The van der Waals surface area contributed by atoms with Crippen LogP contribution in [0.5, 0.6) is 5.75 Å². The Bertz CT molecular complexity index is 625. The van der Waals surface area contributed by atoms with E-state index >= 15 is 0 Å². The molecule has 1 aromatic heterocycles. The summed E-state index contributed by atoms with van der Waals surface area (Å²) in [6.45, 7) is 1.95. The summed E-state index contributed by atoms with van der Waals surface area (Å²) in [6, 6.07) is 7.12. The molecule has 1 fully saturated rings. The van der Waals surface area contributed by atoms with E-state index in [1.54, 1.807) is 16.8 Å². The van der Waals surface area contributed by atoms with Gasteiger partial charge in [0.25, 0.3) is 0 Å². The second-order valence-electron chi connectivity index (χ2n) is 5.58. The summed E-state index contributed by atoms with van der Waals surface area (Å²) in [4.78, 5) is 16.0. The van der Waals surface area contributed by atoms with Crippen LogP contribution < -0.4 is 15.4 Å². The normalized spacial score (nSPS) is 16.8. The quantitative estimate of drug-likeness (QED) is 0.807. The van der Waals surface area contributed by atoms with E-state index in [0.29, 0.717) is 13.2 Å². The zero-order valence-corrected chi connectivity index (χ0v) is 14.2. The maximum Gasteiger partial charge on any atom is 0.319 e. The zero-order valence-electron chi connectivity index (χ0n) is 13.4. The molecule has 0 aliphatic carbocycles. The molecule has 1 unspecified atom stereocenters. The molecular formula is C17H21N3O3S. The number of rotatable bonds is 7. The van der Waals surface area contributed by atoms with Gasteiger partial charge in [0.1, 0.15) is 12.4 Å². The summed E-state index contributed by atoms with van der Waals surface area (Å²) in [7, 11) is 0. The van der Waals surface area contributed by atoms with E-state index in [4.69, 9.17) is 9.47 Å².